The molecule has 22 heteroatoms. The second-order valence-electron chi connectivity index (χ2n) is 13.2. The summed E-state index contributed by atoms with van der Waals surface area (Å²) in [6.07, 6.45) is 3.16. The molecule has 10 N–H and O–H groups in total. The Kier molecular flexibility index (Phi) is 39.0. The number of hydrogen-bond acceptors (Lipinski definition) is 14. The summed E-state index contributed by atoms with van der Waals surface area (Å²) in [4.78, 5) is 72.7. The van der Waals surface area contributed by atoms with E-state index in [9.17, 15) is 28.8 Å². The number of nitrogens with two attached hydrogens (primary N) is 2. The van der Waals surface area contributed by atoms with E-state index in [1.54, 1.807) is 64.8 Å². The number of hydrogen-bond donors (Lipinski definition) is 8. The SMILES string of the molecule is Cl.Cl.N[C@@H](Cc1ccccc1)C(=O)NCCSSCCNC(=O)CCCC(=O)NCCSSCCCNC(=O)CCC(=O)NCCSSCCNC(=O)[C@@H](N)Cc1ccccc1. The Bertz CT molecular complexity index is 1530. The zero-order chi connectivity index (χ0) is 43.5. The van der Waals surface area contributed by atoms with Crippen molar-refractivity contribution in [2.24, 2.45) is 11.5 Å². The van der Waals surface area contributed by atoms with Crippen LogP contribution in [0.4, 0.5) is 0 Å². The normalized spacial score (nSPS) is 11.5. The quantitative estimate of drug-likeness (QED) is 0.0359. The maximum atomic E-state index is 12.2. The van der Waals surface area contributed by atoms with Crippen LogP contribution in [0.2, 0.25) is 0 Å². The van der Waals surface area contributed by atoms with Crippen LogP contribution in [0.25, 0.3) is 0 Å². The Morgan fingerprint density at radius 1 is 0.403 bits per heavy atom. The molecular formula is C40H64Cl2N8O6S6. The zero-order valence-corrected chi connectivity index (χ0v) is 41.5. The topological polar surface area (TPSA) is 227 Å². The molecule has 2 aromatic rings. The second-order valence-corrected chi connectivity index (χ2v) is 21.3. The first-order valence-electron chi connectivity index (χ1n) is 20.1. The van der Waals surface area contributed by atoms with Crippen LogP contribution in [0.5, 0.6) is 0 Å². The fourth-order valence-electron chi connectivity index (χ4n) is 5.01. The number of rotatable bonds is 35. The zero-order valence-electron chi connectivity index (χ0n) is 34.9. The highest BCUT2D eigenvalue weighted by Gasteiger charge is 2.15. The third kappa shape index (κ3) is 33.4. The first-order chi connectivity index (χ1) is 29.1. The van der Waals surface area contributed by atoms with Crippen molar-refractivity contribution in [3.8, 4) is 0 Å². The number of halogens is 2. The van der Waals surface area contributed by atoms with Gasteiger partial charge in [-0.3, -0.25) is 28.8 Å². The van der Waals surface area contributed by atoms with Crippen molar-refractivity contribution in [2.75, 3.05) is 73.8 Å². The van der Waals surface area contributed by atoms with E-state index in [1.807, 2.05) is 60.7 Å². The number of amides is 6. The van der Waals surface area contributed by atoms with Crippen LogP contribution in [0, 0.1) is 0 Å². The second kappa shape index (κ2) is 40.4. The van der Waals surface area contributed by atoms with E-state index in [-0.39, 0.29) is 73.1 Å². The number of carbonyl (C=O) groups is 6. The molecular weight excluding hydrogens is 952 g/mol. The summed E-state index contributed by atoms with van der Waals surface area (Å²) < 4.78 is 0. The summed E-state index contributed by atoms with van der Waals surface area (Å²) in [5.74, 6) is 3.74. The molecule has 0 saturated carbocycles. The molecule has 2 rings (SSSR count). The van der Waals surface area contributed by atoms with Gasteiger partial charge in [-0.25, -0.2) is 0 Å². The smallest absolute Gasteiger partial charge is 0.237 e. The molecule has 0 spiro atoms. The van der Waals surface area contributed by atoms with E-state index in [2.05, 4.69) is 31.9 Å². The lowest BCUT2D eigenvalue weighted by Crippen LogP contribution is -2.42. The molecule has 0 aliphatic rings. The van der Waals surface area contributed by atoms with Crippen LogP contribution < -0.4 is 43.4 Å². The number of benzene rings is 2. The minimum absolute atomic E-state index is 0. The first kappa shape index (κ1) is 59.9. The van der Waals surface area contributed by atoms with Gasteiger partial charge >= 0.3 is 0 Å². The molecule has 0 saturated heterocycles. The summed E-state index contributed by atoms with van der Waals surface area (Å²) in [5.41, 5.74) is 14.0. The third-order valence-corrected chi connectivity index (χ3v) is 15.4. The van der Waals surface area contributed by atoms with E-state index in [4.69, 9.17) is 11.5 Å². The average Bonchev–Trinajstić information content (AvgIpc) is 3.24. The molecule has 0 bridgehead atoms. The van der Waals surface area contributed by atoms with Gasteiger partial charge in [-0.2, -0.15) is 0 Å². The Balaban J connectivity index is 0.0000186. The molecule has 350 valence electrons. The fourth-order valence-corrected chi connectivity index (χ4v) is 10.6. The van der Waals surface area contributed by atoms with Crippen LogP contribution in [-0.4, -0.2) is 121 Å². The molecule has 0 heterocycles. The summed E-state index contributed by atoms with van der Waals surface area (Å²) >= 11 is 0. The van der Waals surface area contributed by atoms with Crippen molar-refractivity contribution in [1.29, 1.82) is 0 Å². The third-order valence-electron chi connectivity index (χ3n) is 8.13. The lowest BCUT2D eigenvalue weighted by molar-refractivity contribution is -0.126. The van der Waals surface area contributed by atoms with Gasteiger partial charge in [0.15, 0.2) is 0 Å². The Labute approximate surface area is 403 Å². The van der Waals surface area contributed by atoms with Crippen LogP contribution >= 0.6 is 89.6 Å². The maximum Gasteiger partial charge on any atom is 0.237 e. The van der Waals surface area contributed by atoms with Crippen molar-refractivity contribution in [2.45, 2.75) is 63.5 Å². The summed E-state index contributed by atoms with van der Waals surface area (Å²) in [6.45, 7) is 3.17. The van der Waals surface area contributed by atoms with E-state index >= 15 is 0 Å². The molecule has 62 heavy (non-hydrogen) atoms. The molecule has 14 nitrogen and oxygen atoms in total. The summed E-state index contributed by atoms with van der Waals surface area (Å²) in [7, 11) is 9.81. The van der Waals surface area contributed by atoms with Gasteiger partial charge in [0.2, 0.25) is 35.4 Å². The van der Waals surface area contributed by atoms with Gasteiger partial charge in [-0.15, -0.1) is 24.8 Å². The van der Waals surface area contributed by atoms with Gasteiger partial charge < -0.3 is 43.4 Å². The van der Waals surface area contributed by atoms with E-state index in [1.165, 1.54) is 0 Å². The molecule has 0 radical (unpaired) electrons. The minimum Gasteiger partial charge on any atom is -0.356 e. The standard InChI is InChI=1S/C40H62N8O6S6.2ClH/c41-33(29-31-9-3-1-4-10-31)39(53)47-21-27-59-57-25-19-45-36(50)14-7-13-35(49)44-18-24-56-55-23-8-17-43-37(51)15-16-38(52)46-20-26-58-60-28-22-48-40(54)34(42)30-32-11-5-2-6-12-32;;/h1-6,9-12,33-34H,7-8,13-30,41-42H2,(H,43,51)(H,44,49)(H,45,50)(H,46,52)(H,47,53)(H,48,54);2*1H/t33-,34-;;/m0../s1. The van der Waals surface area contributed by atoms with Crippen LogP contribution in [0.1, 0.15) is 49.7 Å². The fraction of sp³-hybridized carbons (Fsp3) is 0.550. The molecule has 0 aromatic heterocycles. The number of carbonyl (C=O) groups excluding carboxylic acids is 6. The van der Waals surface area contributed by atoms with Crippen LogP contribution in [0.15, 0.2) is 60.7 Å². The Hall–Kier alpha value is -2.14. The van der Waals surface area contributed by atoms with Crippen molar-refractivity contribution in [1.82, 2.24) is 31.9 Å². The average molecular weight is 1020 g/mol. The molecule has 6 amide bonds. The molecule has 0 unspecified atom stereocenters. The predicted molar refractivity (Wildman–Crippen MR) is 271 cm³/mol. The lowest BCUT2D eigenvalue weighted by atomic mass is 10.1. The van der Waals surface area contributed by atoms with Gasteiger partial charge in [0.25, 0.3) is 0 Å². The van der Waals surface area contributed by atoms with Gasteiger partial charge in [0, 0.05) is 99.5 Å². The Morgan fingerprint density at radius 3 is 1.08 bits per heavy atom. The molecule has 2 aromatic carbocycles. The van der Waals surface area contributed by atoms with Crippen molar-refractivity contribution in [3.63, 3.8) is 0 Å². The lowest BCUT2D eigenvalue weighted by Gasteiger charge is -2.12. The maximum absolute atomic E-state index is 12.2. The van der Waals surface area contributed by atoms with Crippen LogP contribution in [0.3, 0.4) is 0 Å². The van der Waals surface area contributed by atoms with Crippen LogP contribution in [-0.2, 0) is 41.6 Å². The van der Waals surface area contributed by atoms with Crippen molar-refractivity contribution < 1.29 is 28.8 Å². The Morgan fingerprint density at radius 2 is 0.710 bits per heavy atom. The minimum atomic E-state index is -0.581. The van der Waals surface area contributed by atoms with Gasteiger partial charge in [0.05, 0.1) is 12.1 Å². The highest BCUT2D eigenvalue weighted by molar-refractivity contribution is 8.77. The van der Waals surface area contributed by atoms with Crippen molar-refractivity contribution >= 4 is 125 Å². The molecule has 0 aliphatic heterocycles. The largest absolute Gasteiger partial charge is 0.356 e. The number of nitrogens with one attached hydrogen (secondary N) is 6. The van der Waals surface area contributed by atoms with E-state index < -0.39 is 12.1 Å². The van der Waals surface area contributed by atoms with Gasteiger partial charge in [-0.1, -0.05) is 125 Å². The molecule has 0 fully saturated rings. The predicted octanol–water partition coefficient (Wildman–Crippen LogP) is 4.15. The van der Waals surface area contributed by atoms with Crippen molar-refractivity contribution in [3.05, 3.63) is 71.8 Å². The van der Waals surface area contributed by atoms with E-state index in [0.29, 0.717) is 77.1 Å². The molecule has 0 aliphatic carbocycles. The molecule has 2 atom stereocenters. The van der Waals surface area contributed by atoms with Gasteiger partial charge in [-0.05, 0) is 36.8 Å². The van der Waals surface area contributed by atoms with Gasteiger partial charge in [0.1, 0.15) is 0 Å². The monoisotopic (exact) mass is 1010 g/mol. The summed E-state index contributed by atoms with van der Waals surface area (Å²) in [5, 5.41) is 17.2. The highest BCUT2D eigenvalue weighted by Crippen LogP contribution is 2.21. The highest BCUT2D eigenvalue weighted by atomic mass is 35.5. The summed E-state index contributed by atoms with van der Waals surface area (Å²) in [6, 6.07) is 18.2. The van der Waals surface area contributed by atoms with E-state index in [0.717, 1.165) is 46.3 Å². The first-order valence-corrected chi connectivity index (χ1v) is 27.5.